The Balaban J connectivity index is 1.34. The molecule has 2 aliphatic heterocycles. The van der Waals surface area contributed by atoms with Gasteiger partial charge in [-0.25, -0.2) is 4.18 Å². The molecule has 3 aromatic rings. The van der Waals surface area contributed by atoms with Crippen LogP contribution >= 0.6 is 0 Å². The van der Waals surface area contributed by atoms with Crippen LogP contribution in [0.25, 0.3) is 11.1 Å². The second-order valence-corrected chi connectivity index (χ2v) is 17.1. The lowest BCUT2D eigenvalue weighted by Gasteiger charge is -2.48. The summed E-state index contributed by atoms with van der Waals surface area (Å²) in [4.78, 5) is 53.5. The molecule has 25 heteroatoms. The van der Waals surface area contributed by atoms with Crippen molar-refractivity contribution < 1.29 is 106 Å². The lowest BCUT2D eigenvalue weighted by Crippen LogP contribution is -2.66. The first-order valence-corrected chi connectivity index (χ1v) is 21.4. The molecule has 2 heterocycles. The highest BCUT2D eigenvalue weighted by atomic mass is 32.3. The number of fused-ring (bicyclic) bond motifs is 5. The van der Waals surface area contributed by atoms with E-state index < -0.39 is 171 Å². The molecule has 2 fully saturated rings. The lowest BCUT2D eigenvalue weighted by molar-refractivity contribution is -0.349. The van der Waals surface area contributed by atoms with Crippen LogP contribution in [0.5, 0.6) is 23.0 Å². The minimum absolute atomic E-state index is 0.0190. The number of phenolic OH excluding ortho intramolecular Hbond substituents is 3. The van der Waals surface area contributed by atoms with Crippen molar-refractivity contribution in [3.63, 3.8) is 0 Å². The fourth-order valence-electron chi connectivity index (χ4n) is 8.82. The van der Waals surface area contributed by atoms with Gasteiger partial charge in [-0.3, -0.25) is 23.7 Å². The SMILES string of the molecule is CNC1C(C)OC(O[C@H]2c3cc(C)c(C(=O)NC(C)C(=O)O)c(O)c3-c3c(cc4c(c3O)C(=O)c3cc(OC)cc(O)c3C4=O)[C@@H]2O)C(O)C1OC1OC(CO)C(O)C(OS(=O)(=O)O)C1O. The molecular formula is C41H46N2O22S. The number of benzene rings is 3. The molecular weight excluding hydrogens is 905 g/mol. The number of hydrogen-bond acceptors (Lipinski definition) is 21. The quantitative estimate of drug-likeness (QED) is 0.0725. The van der Waals surface area contributed by atoms with E-state index in [1.54, 1.807) is 0 Å². The van der Waals surface area contributed by atoms with Gasteiger partial charge in [0.1, 0.15) is 77.9 Å². The first-order chi connectivity index (χ1) is 30.9. The van der Waals surface area contributed by atoms with Crippen molar-refractivity contribution in [1.82, 2.24) is 10.6 Å². The van der Waals surface area contributed by atoms with Crippen molar-refractivity contribution in [2.45, 2.75) is 100 Å². The number of carbonyl (C=O) groups excluding carboxylic acids is 3. The fourth-order valence-corrected chi connectivity index (χ4v) is 9.33. The Hall–Kier alpha value is -5.39. The number of methoxy groups -OCH3 is 1. The molecule has 3 aromatic carbocycles. The Morgan fingerprint density at radius 2 is 1.44 bits per heavy atom. The number of aliphatic carboxylic acids is 1. The molecule has 2 saturated heterocycles. The number of rotatable bonds is 12. The Morgan fingerprint density at radius 1 is 0.833 bits per heavy atom. The number of aryl methyl sites for hydroxylation is 1. The van der Waals surface area contributed by atoms with E-state index in [4.69, 9.17) is 23.7 Å². The number of carbonyl (C=O) groups is 4. The Labute approximate surface area is 373 Å². The van der Waals surface area contributed by atoms with Gasteiger partial charge in [0.05, 0.1) is 42.6 Å². The maximum absolute atomic E-state index is 14.1. The van der Waals surface area contributed by atoms with E-state index in [1.807, 2.05) is 0 Å². The third-order valence-electron chi connectivity index (χ3n) is 12.0. The zero-order chi connectivity index (χ0) is 48.6. The van der Waals surface area contributed by atoms with Crippen LogP contribution in [-0.2, 0) is 38.3 Å². The molecule has 7 rings (SSSR count). The molecule has 12 N–H and O–H groups in total. The number of amides is 1. The number of likely N-dealkylation sites (N-methyl/N-ethyl adjacent to an activating group) is 1. The van der Waals surface area contributed by atoms with Crippen molar-refractivity contribution in [3.05, 3.63) is 68.8 Å². The number of carboxylic acids is 1. The number of nitrogens with one attached hydrogen (secondary N) is 2. The number of phenols is 3. The van der Waals surface area contributed by atoms with Gasteiger partial charge >= 0.3 is 16.4 Å². The molecule has 0 saturated carbocycles. The predicted molar refractivity (Wildman–Crippen MR) is 217 cm³/mol. The van der Waals surface area contributed by atoms with E-state index in [0.717, 1.165) is 25.1 Å². The summed E-state index contributed by atoms with van der Waals surface area (Å²) in [6.07, 6.45) is -20.3. The van der Waals surface area contributed by atoms with Crippen LogP contribution in [0.3, 0.4) is 0 Å². The van der Waals surface area contributed by atoms with E-state index in [1.165, 1.54) is 34.1 Å². The molecule has 66 heavy (non-hydrogen) atoms. The molecule has 1 amide bonds. The number of aromatic hydroxyl groups is 3. The Kier molecular flexibility index (Phi) is 13.3. The number of hydrogen-bond donors (Lipinski definition) is 12. The fraction of sp³-hybridized carbons (Fsp3) is 0.463. The van der Waals surface area contributed by atoms with E-state index in [9.17, 15) is 78.1 Å². The van der Waals surface area contributed by atoms with Crippen molar-refractivity contribution in [2.75, 3.05) is 20.8 Å². The van der Waals surface area contributed by atoms with Crippen LogP contribution < -0.4 is 15.4 Å². The van der Waals surface area contributed by atoms with Crippen molar-refractivity contribution >= 4 is 33.8 Å². The lowest BCUT2D eigenvalue weighted by atomic mass is 9.74. The van der Waals surface area contributed by atoms with Crippen LogP contribution in [0.4, 0.5) is 0 Å². The summed E-state index contributed by atoms with van der Waals surface area (Å²) in [7, 11) is -2.64. The highest BCUT2D eigenvalue weighted by Gasteiger charge is 2.53. The van der Waals surface area contributed by atoms with Crippen LogP contribution in [0, 0.1) is 6.92 Å². The van der Waals surface area contributed by atoms with E-state index in [2.05, 4.69) is 14.8 Å². The number of carboxylic acid groups (broad SMARTS) is 1. The zero-order valence-corrected chi connectivity index (χ0v) is 36.1. The zero-order valence-electron chi connectivity index (χ0n) is 35.3. The van der Waals surface area contributed by atoms with Gasteiger partial charge in [-0.1, -0.05) is 6.07 Å². The molecule has 0 radical (unpaired) electrons. The standard InChI is InChI=1S/C41H46N2O22S/c1-11-6-18-24(31(50)21(11)38(54)43-12(2)39(55)56)23-16(9-17-25(32(23)51)28(47)15-7-14(60-5)8-19(45)22(15)27(17)46)29(48)35(18)63-40-33(52)36(26(42-4)13(3)61-40)64-41-34(53)37(65-66(57,58)59)30(49)20(10-44)62-41/h6-9,12-13,20,26,29-30,33-37,40-42,44-45,48-53H,10H2,1-5H3,(H,43,54)(H,55,56)(H,57,58,59)/t12?,13?,20?,26?,29-,30?,33?,34?,35-,36?,37?,40?,41?/m0/s1. The third-order valence-corrected chi connectivity index (χ3v) is 12.5. The highest BCUT2D eigenvalue weighted by Crippen LogP contribution is 2.57. The normalized spacial score (nSPS) is 29.8. The molecule has 11 unspecified atom stereocenters. The number of ketones is 2. The van der Waals surface area contributed by atoms with Crippen molar-refractivity contribution in [2.24, 2.45) is 0 Å². The van der Waals surface area contributed by atoms with Crippen molar-refractivity contribution in [1.29, 1.82) is 0 Å². The van der Waals surface area contributed by atoms with E-state index in [0.29, 0.717) is 0 Å². The minimum Gasteiger partial charge on any atom is -0.507 e. The summed E-state index contributed by atoms with van der Waals surface area (Å²) in [5.41, 5.74) is -4.00. The average Bonchev–Trinajstić information content (AvgIpc) is 3.24. The summed E-state index contributed by atoms with van der Waals surface area (Å²) in [5, 5.41) is 105. The summed E-state index contributed by atoms with van der Waals surface area (Å²) < 4.78 is 66.0. The maximum atomic E-state index is 14.1. The van der Waals surface area contributed by atoms with Crippen LogP contribution in [0.1, 0.15) is 84.9 Å². The Bertz CT molecular complexity index is 2600. The monoisotopic (exact) mass is 950 g/mol. The molecule has 24 nitrogen and oxygen atoms in total. The smallest absolute Gasteiger partial charge is 0.397 e. The van der Waals surface area contributed by atoms with E-state index >= 15 is 0 Å². The van der Waals surface area contributed by atoms with Crippen molar-refractivity contribution in [3.8, 4) is 34.1 Å². The second kappa shape index (κ2) is 18.0. The topological polar surface area (TPSA) is 384 Å². The van der Waals surface area contributed by atoms with Gasteiger partial charge in [-0.05, 0) is 56.6 Å². The highest BCUT2D eigenvalue weighted by molar-refractivity contribution is 7.80. The van der Waals surface area contributed by atoms with Gasteiger partial charge in [0.2, 0.25) is 0 Å². The molecule has 4 aliphatic rings. The van der Waals surface area contributed by atoms with Gasteiger partial charge in [0.15, 0.2) is 24.1 Å². The molecule has 2 aliphatic carbocycles. The van der Waals surface area contributed by atoms with Crippen LogP contribution in [0.2, 0.25) is 0 Å². The summed E-state index contributed by atoms with van der Waals surface area (Å²) in [6, 6.07) is 1.99. The number of aliphatic hydroxyl groups excluding tert-OH is 5. The maximum Gasteiger partial charge on any atom is 0.397 e. The van der Waals surface area contributed by atoms with E-state index in [-0.39, 0.29) is 28.0 Å². The number of aliphatic hydroxyl groups is 5. The van der Waals surface area contributed by atoms with Gasteiger partial charge in [-0.2, -0.15) is 8.42 Å². The van der Waals surface area contributed by atoms with Gasteiger partial charge in [0, 0.05) is 28.3 Å². The largest absolute Gasteiger partial charge is 0.507 e. The summed E-state index contributed by atoms with van der Waals surface area (Å²) in [5.74, 6) is -7.03. The Morgan fingerprint density at radius 3 is 2.05 bits per heavy atom. The molecule has 13 atom stereocenters. The first-order valence-electron chi connectivity index (χ1n) is 20.0. The van der Waals surface area contributed by atoms with Crippen LogP contribution in [0.15, 0.2) is 24.3 Å². The van der Waals surface area contributed by atoms with Gasteiger partial charge < -0.3 is 80.3 Å². The minimum atomic E-state index is -5.31. The van der Waals surface area contributed by atoms with Gasteiger partial charge in [-0.15, -0.1) is 0 Å². The molecule has 358 valence electrons. The third kappa shape index (κ3) is 8.24. The molecule has 0 spiro atoms. The van der Waals surface area contributed by atoms with Crippen LogP contribution in [-0.4, -0.2) is 171 Å². The summed E-state index contributed by atoms with van der Waals surface area (Å²) >= 11 is 0. The average molecular weight is 951 g/mol. The summed E-state index contributed by atoms with van der Waals surface area (Å²) in [6.45, 7) is 3.00. The predicted octanol–water partition coefficient (Wildman–Crippen LogP) is -1.42. The molecule has 0 aromatic heterocycles. The van der Waals surface area contributed by atoms with Gasteiger partial charge in [0.25, 0.3) is 5.91 Å². The molecule has 0 bridgehead atoms. The number of ether oxygens (including phenoxy) is 5. The second-order valence-electron chi connectivity index (χ2n) is 16.1. The first kappa shape index (κ1) is 48.5.